The fourth-order valence-corrected chi connectivity index (χ4v) is 2.21. The van der Waals surface area contributed by atoms with E-state index in [9.17, 15) is 0 Å². The molecule has 0 amide bonds. The molecule has 0 spiro atoms. The molecule has 0 atom stereocenters. The molecule has 0 radical (unpaired) electrons. The van der Waals surface area contributed by atoms with E-state index in [0.29, 0.717) is 0 Å². The first-order valence-electron chi connectivity index (χ1n) is 6.95. The van der Waals surface area contributed by atoms with Crippen molar-refractivity contribution in [3.05, 3.63) is 42.1 Å². The molecule has 0 fully saturated rings. The zero-order valence-corrected chi connectivity index (χ0v) is 11.9. The number of hydrogen-bond acceptors (Lipinski definition) is 3. The van der Waals surface area contributed by atoms with Gasteiger partial charge in [0.15, 0.2) is 0 Å². The molecule has 2 rings (SSSR count). The summed E-state index contributed by atoms with van der Waals surface area (Å²) >= 11 is 0. The molecule has 0 saturated carbocycles. The maximum atomic E-state index is 4.47. The van der Waals surface area contributed by atoms with Gasteiger partial charge in [-0.05, 0) is 51.7 Å². The summed E-state index contributed by atoms with van der Waals surface area (Å²) in [5, 5.41) is 4.73. The molecular weight excluding hydrogens is 234 g/mol. The lowest BCUT2D eigenvalue weighted by atomic mass is 10.1. The van der Waals surface area contributed by atoms with E-state index in [1.807, 2.05) is 12.3 Å². The van der Waals surface area contributed by atoms with E-state index in [2.05, 4.69) is 53.6 Å². The highest BCUT2D eigenvalue weighted by molar-refractivity contribution is 5.81. The highest BCUT2D eigenvalue weighted by Gasteiger charge is 2.00. The van der Waals surface area contributed by atoms with Crippen LogP contribution in [0.15, 0.2) is 36.5 Å². The number of para-hydroxylation sites is 1. The van der Waals surface area contributed by atoms with Crippen LogP contribution in [0.1, 0.15) is 18.4 Å². The molecule has 0 aliphatic carbocycles. The molecule has 1 aromatic heterocycles. The second-order valence-corrected chi connectivity index (χ2v) is 5.18. The zero-order chi connectivity index (χ0) is 13.5. The maximum Gasteiger partial charge on any atom is 0.0746 e. The summed E-state index contributed by atoms with van der Waals surface area (Å²) in [5.41, 5.74) is 2.40. The predicted octanol–water partition coefficient (Wildman–Crippen LogP) is 2.67. The Morgan fingerprint density at radius 2 is 1.95 bits per heavy atom. The lowest BCUT2D eigenvalue weighted by Gasteiger charge is -2.10. The topological polar surface area (TPSA) is 28.2 Å². The van der Waals surface area contributed by atoms with E-state index in [4.69, 9.17) is 0 Å². The van der Waals surface area contributed by atoms with Crippen molar-refractivity contribution in [1.82, 2.24) is 15.2 Å². The molecule has 0 saturated heterocycles. The van der Waals surface area contributed by atoms with E-state index in [0.717, 1.165) is 25.2 Å². The first-order chi connectivity index (χ1) is 9.27. The fourth-order valence-electron chi connectivity index (χ4n) is 2.21. The second kappa shape index (κ2) is 7.22. The normalized spacial score (nSPS) is 11.3. The minimum Gasteiger partial charge on any atom is -0.313 e. The third-order valence-electron chi connectivity index (χ3n) is 3.24. The molecule has 0 unspecified atom stereocenters. The van der Waals surface area contributed by atoms with Crippen LogP contribution in [0.4, 0.5) is 0 Å². The quantitative estimate of drug-likeness (QED) is 0.773. The summed E-state index contributed by atoms with van der Waals surface area (Å²) in [6.07, 6.45) is 4.33. The van der Waals surface area contributed by atoms with Crippen LogP contribution in [-0.4, -0.2) is 37.1 Å². The number of pyridine rings is 1. The predicted molar refractivity (Wildman–Crippen MR) is 81.2 cm³/mol. The molecule has 2 aromatic rings. The van der Waals surface area contributed by atoms with Gasteiger partial charge in [-0.15, -0.1) is 0 Å². The Hall–Kier alpha value is -1.45. The first-order valence-corrected chi connectivity index (χ1v) is 6.95. The Morgan fingerprint density at radius 1 is 1.11 bits per heavy atom. The Kier molecular flexibility index (Phi) is 5.31. The van der Waals surface area contributed by atoms with Gasteiger partial charge in [0.05, 0.1) is 5.52 Å². The number of nitrogens with zero attached hydrogens (tertiary/aromatic N) is 2. The van der Waals surface area contributed by atoms with Crippen molar-refractivity contribution in [3.63, 3.8) is 0 Å². The van der Waals surface area contributed by atoms with Crippen molar-refractivity contribution < 1.29 is 0 Å². The standard InChI is InChI=1S/C16H23N3/c1-19(2)12-4-3-10-17-13-15-8-5-7-14-9-6-11-18-16(14)15/h5-9,11,17H,3-4,10,12-13H2,1-2H3. The number of unbranched alkanes of at least 4 members (excludes halogenated alkanes) is 1. The van der Waals surface area contributed by atoms with Crippen molar-refractivity contribution in [2.45, 2.75) is 19.4 Å². The van der Waals surface area contributed by atoms with Crippen LogP contribution >= 0.6 is 0 Å². The van der Waals surface area contributed by atoms with Gasteiger partial charge in [-0.2, -0.15) is 0 Å². The van der Waals surface area contributed by atoms with E-state index in [1.54, 1.807) is 0 Å². The van der Waals surface area contributed by atoms with Crippen LogP contribution in [0.2, 0.25) is 0 Å². The molecule has 3 heteroatoms. The van der Waals surface area contributed by atoms with Crippen molar-refractivity contribution >= 4 is 10.9 Å². The van der Waals surface area contributed by atoms with Gasteiger partial charge in [0.25, 0.3) is 0 Å². The van der Waals surface area contributed by atoms with Crippen LogP contribution < -0.4 is 5.32 Å². The van der Waals surface area contributed by atoms with Crippen LogP contribution in [0.25, 0.3) is 10.9 Å². The molecule has 19 heavy (non-hydrogen) atoms. The Bertz CT molecular complexity index is 503. The van der Waals surface area contributed by atoms with Crippen molar-refractivity contribution in [1.29, 1.82) is 0 Å². The van der Waals surface area contributed by atoms with Crippen LogP contribution in [0, 0.1) is 0 Å². The SMILES string of the molecule is CN(C)CCCCNCc1cccc2cccnc12. The molecular formula is C16H23N3. The molecule has 1 aromatic carbocycles. The molecule has 1 N–H and O–H groups in total. The number of hydrogen-bond donors (Lipinski definition) is 1. The van der Waals surface area contributed by atoms with Gasteiger partial charge in [0, 0.05) is 18.1 Å². The average molecular weight is 257 g/mol. The number of fused-ring (bicyclic) bond motifs is 1. The Balaban J connectivity index is 1.82. The average Bonchev–Trinajstić information content (AvgIpc) is 2.42. The highest BCUT2D eigenvalue weighted by Crippen LogP contribution is 2.15. The van der Waals surface area contributed by atoms with E-state index < -0.39 is 0 Å². The first kappa shape index (κ1) is 14.0. The molecule has 0 aliphatic heterocycles. The molecule has 3 nitrogen and oxygen atoms in total. The Labute approximate surface area is 115 Å². The summed E-state index contributed by atoms with van der Waals surface area (Å²) in [5.74, 6) is 0. The second-order valence-electron chi connectivity index (χ2n) is 5.18. The minimum absolute atomic E-state index is 0.899. The molecule has 0 bridgehead atoms. The van der Waals surface area contributed by atoms with Gasteiger partial charge < -0.3 is 10.2 Å². The van der Waals surface area contributed by atoms with E-state index >= 15 is 0 Å². The summed E-state index contributed by atoms with van der Waals surface area (Å²) in [6.45, 7) is 3.13. The van der Waals surface area contributed by atoms with E-state index in [1.165, 1.54) is 23.8 Å². The van der Waals surface area contributed by atoms with Gasteiger partial charge in [0.1, 0.15) is 0 Å². The summed E-state index contributed by atoms with van der Waals surface area (Å²) in [6, 6.07) is 10.5. The lowest BCUT2D eigenvalue weighted by molar-refractivity contribution is 0.391. The molecule has 102 valence electrons. The number of benzene rings is 1. The fraction of sp³-hybridized carbons (Fsp3) is 0.438. The zero-order valence-electron chi connectivity index (χ0n) is 11.9. The van der Waals surface area contributed by atoms with Crippen molar-refractivity contribution in [2.24, 2.45) is 0 Å². The van der Waals surface area contributed by atoms with Crippen LogP contribution in [-0.2, 0) is 6.54 Å². The minimum atomic E-state index is 0.899. The van der Waals surface area contributed by atoms with Gasteiger partial charge in [-0.25, -0.2) is 0 Å². The third kappa shape index (κ3) is 4.30. The monoisotopic (exact) mass is 257 g/mol. The third-order valence-corrected chi connectivity index (χ3v) is 3.24. The Morgan fingerprint density at radius 3 is 2.79 bits per heavy atom. The van der Waals surface area contributed by atoms with Gasteiger partial charge in [-0.3, -0.25) is 4.98 Å². The van der Waals surface area contributed by atoms with Gasteiger partial charge in [-0.1, -0.05) is 24.3 Å². The summed E-state index contributed by atoms with van der Waals surface area (Å²) in [4.78, 5) is 6.70. The van der Waals surface area contributed by atoms with Crippen LogP contribution in [0.3, 0.4) is 0 Å². The number of nitrogens with one attached hydrogen (secondary N) is 1. The lowest BCUT2D eigenvalue weighted by Crippen LogP contribution is -2.18. The van der Waals surface area contributed by atoms with Gasteiger partial charge in [0.2, 0.25) is 0 Å². The van der Waals surface area contributed by atoms with E-state index in [-0.39, 0.29) is 0 Å². The van der Waals surface area contributed by atoms with Crippen LogP contribution in [0.5, 0.6) is 0 Å². The molecule has 0 aliphatic rings. The van der Waals surface area contributed by atoms with Crippen molar-refractivity contribution in [3.8, 4) is 0 Å². The number of aromatic nitrogens is 1. The molecule has 1 heterocycles. The summed E-state index contributed by atoms with van der Waals surface area (Å²) in [7, 11) is 4.24. The highest BCUT2D eigenvalue weighted by atomic mass is 15.0. The largest absolute Gasteiger partial charge is 0.313 e. The maximum absolute atomic E-state index is 4.47. The number of rotatable bonds is 7. The van der Waals surface area contributed by atoms with Gasteiger partial charge >= 0.3 is 0 Å². The van der Waals surface area contributed by atoms with Crippen molar-refractivity contribution in [2.75, 3.05) is 27.2 Å². The summed E-state index contributed by atoms with van der Waals surface area (Å²) < 4.78 is 0. The smallest absolute Gasteiger partial charge is 0.0746 e.